The highest BCUT2D eigenvalue weighted by Gasteiger charge is 2.22. The van der Waals surface area contributed by atoms with Crippen molar-refractivity contribution in [3.63, 3.8) is 0 Å². The average molecular weight is 256 g/mol. The zero-order valence-corrected chi connectivity index (χ0v) is 10.8. The summed E-state index contributed by atoms with van der Waals surface area (Å²) in [7, 11) is 1.66. The highest BCUT2D eigenvalue weighted by Crippen LogP contribution is 2.34. The number of methoxy groups -OCH3 is 1. The van der Waals surface area contributed by atoms with Crippen LogP contribution in [0.5, 0.6) is 11.5 Å². The van der Waals surface area contributed by atoms with Gasteiger partial charge in [0.05, 0.1) is 13.7 Å². The number of ether oxygens (including phenoxy) is 2. The molecule has 0 aliphatic carbocycles. The molecule has 19 heavy (non-hydrogen) atoms. The van der Waals surface area contributed by atoms with Crippen LogP contribution in [-0.4, -0.2) is 18.8 Å². The summed E-state index contributed by atoms with van der Waals surface area (Å²) in [6.07, 6.45) is 0.784. The summed E-state index contributed by atoms with van der Waals surface area (Å²) < 4.78 is 11.0. The van der Waals surface area contributed by atoms with E-state index in [9.17, 15) is 5.11 Å². The van der Waals surface area contributed by atoms with Crippen molar-refractivity contribution in [1.82, 2.24) is 0 Å². The number of phenolic OH excluding ortho intramolecular Hbond substituents is 1. The van der Waals surface area contributed by atoms with Crippen LogP contribution in [0.2, 0.25) is 0 Å². The number of benzene rings is 2. The summed E-state index contributed by atoms with van der Waals surface area (Å²) in [6.45, 7) is 0.674. The molecule has 0 bridgehead atoms. The van der Waals surface area contributed by atoms with Gasteiger partial charge in [0.2, 0.25) is 0 Å². The highest BCUT2D eigenvalue weighted by atomic mass is 16.5. The minimum absolute atomic E-state index is 0.0599. The minimum Gasteiger partial charge on any atom is -0.508 e. The van der Waals surface area contributed by atoms with Crippen molar-refractivity contribution in [3.8, 4) is 11.5 Å². The first-order valence-corrected chi connectivity index (χ1v) is 6.35. The zero-order valence-electron chi connectivity index (χ0n) is 10.8. The predicted octanol–water partition coefficient (Wildman–Crippen LogP) is 3.06. The van der Waals surface area contributed by atoms with Gasteiger partial charge in [-0.05, 0) is 47.4 Å². The molecule has 0 saturated carbocycles. The molecule has 1 heterocycles. The lowest BCUT2D eigenvalue weighted by atomic mass is 9.93. The quantitative estimate of drug-likeness (QED) is 0.897. The van der Waals surface area contributed by atoms with E-state index in [0.717, 1.165) is 28.9 Å². The molecular weight excluding hydrogens is 240 g/mol. The van der Waals surface area contributed by atoms with Gasteiger partial charge in [-0.25, -0.2) is 0 Å². The van der Waals surface area contributed by atoms with Crippen molar-refractivity contribution in [2.24, 2.45) is 0 Å². The first-order chi connectivity index (χ1) is 9.28. The van der Waals surface area contributed by atoms with E-state index in [-0.39, 0.29) is 6.10 Å². The topological polar surface area (TPSA) is 38.7 Å². The van der Waals surface area contributed by atoms with Crippen molar-refractivity contribution in [3.05, 3.63) is 59.2 Å². The second kappa shape index (κ2) is 4.94. The zero-order chi connectivity index (χ0) is 13.2. The summed E-state index contributed by atoms with van der Waals surface area (Å²) in [4.78, 5) is 0. The van der Waals surface area contributed by atoms with E-state index in [2.05, 4.69) is 0 Å². The molecule has 0 aromatic heterocycles. The van der Waals surface area contributed by atoms with Gasteiger partial charge in [-0.1, -0.05) is 18.2 Å². The average Bonchev–Trinajstić information content (AvgIpc) is 2.46. The van der Waals surface area contributed by atoms with Gasteiger partial charge < -0.3 is 14.6 Å². The third kappa shape index (κ3) is 2.29. The number of rotatable bonds is 2. The third-order valence-electron chi connectivity index (χ3n) is 3.48. The van der Waals surface area contributed by atoms with Crippen molar-refractivity contribution in [2.75, 3.05) is 13.7 Å². The van der Waals surface area contributed by atoms with Gasteiger partial charge in [-0.3, -0.25) is 0 Å². The number of hydrogen-bond donors (Lipinski definition) is 1. The van der Waals surface area contributed by atoms with Crippen LogP contribution in [0.4, 0.5) is 0 Å². The Hall–Kier alpha value is -2.00. The second-order valence-electron chi connectivity index (χ2n) is 4.66. The molecule has 0 radical (unpaired) electrons. The molecule has 98 valence electrons. The Balaban J connectivity index is 1.98. The van der Waals surface area contributed by atoms with E-state index in [1.54, 1.807) is 13.2 Å². The van der Waals surface area contributed by atoms with Crippen molar-refractivity contribution in [1.29, 1.82) is 0 Å². The molecule has 3 nitrogen and oxygen atoms in total. The van der Waals surface area contributed by atoms with Crippen LogP contribution >= 0.6 is 0 Å². The van der Waals surface area contributed by atoms with Crippen LogP contribution in [-0.2, 0) is 11.2 Å². The van der Waals surface area contributed by atoms with E-state index in [4.69, 9.17) is 9.47 Å². The molecule has 3 rings (SSSR count). The Bertz CT molecular complexity index is 575. The summed E-state index contributed by atoms with van der Waals surface area (Å²) in [5, 5.41) is 9.56. The molecular formula is C16H16O3. The van der Waals surface area contributed by atoms with Gasteiger partial charge in [0, 0.05) is 0 Å². The van der Waals surface area contributed by atoms with Gasteiger partial charge >= 0.3 is 0 Å². The minimum atomic E-state index is -0.0599. The lowest BCUT2D eigenvalue weighted by Crippen LogP contribution is -2.17. The maximum Gasteiger partial charge on any atom is 0.118 e. The number of aromatic hydroxyl groups is 1. The molecule has 1 aliphatic rings. The molecule has 1 aliphatic heterocycles. The van der Waals surface area contributed by atoms with Crippen LogP contribution in [0.1, 0.15) is 22.8 Å². The van der Waals surface area contributed by atoms with E-state index < -0.39 is 0 Å². The number of hydrogen-bond acceptors (Lipinski definition) is 3. The van der Waals surface area contributed by atoms with Crippen molar-refractivity contribution >= 4 is 0 Å². The molecule has 1 unspecified atom stereocenters. The lowest BCUT2D eigenvalue weighted by Gasteiger charge is -2.26. The van der Waals surface area contributed by atoms with Crippen LogP contribution in [0, 0.1) is 0 Å². The van der Waals surface area contributed by atoms with Gasteiger partial charge in [-0.2, -0.15) is 0 Å². The Morgan fingerprint density at radius 3 is 2.68 bits per heavy atom. The predicted molar refractivity (Wildman–Crippen MR) is 72.6 cm³/mol. The summed E-state index contributed by atoms with van der Waals surface area (Å²) in [5.41, 5.74) is 3.40. The fourth-order valence-electron chi connectivity index (χ4n) is 2.50. The Morgan fingerprint density at radius 1 is 1.16 bits per heavy atom. The van der Waals surface area contributed by atoms with Gasteiger partial charge in [0.1, 0.15) is 17.6 Å². The summed E-state index contributed by atoms with van der Waals surface area (Å²) in [6, 6.07) is 13.4. The molecule has 1 atom stereocenters. The summed E-state index contributed by atoms with van der Waals surface area (Å²) >= 11 is 0. The maximum absolute atomic E-state index is 9.56. The fourth-order valence-corrected chi connectivity index (χ4v) is 2.50. The Kier molecular flexibility index (Phi) is 3.13. The first-order valence-electron chi connectivity index (χ1n) is 6.35. The second-order valence-corrected chi connectivity index (χ2v) is 4.66. The smallest absolute Gasteiger partial charge is 0.118 e. The molecule has 0 fully saturated rings. The Morgan fingerprint density at radius 2 is 1.95 bits per heavy atom. The molecule has 0 spiro atoms. The Labute approximate surface area is 112 Å². The van der Waals surface area contributed by atoms with E-state index in [1.165, 1.54) is 0 Å². The van der Waals surface area contributed by atoms with E-state index in [1.807, 2.05) is 36.4 Å². The highest BCUT2D eigenvalue weighted by molar-refractivity contribution is 5.42. The van der Waals surface area contributed by atoms with Crippen LogP contribution in [0.25, 0.3) is 0 Å². The third-order valence-corrected chi connectivity index (χ3v) is 3.48. The van der Waals surface area contributed by atoms with Crippen LogP contribution < -0.4 is 4.74 Å². The normalized spacial score (nSPS) is 17.8. The number of fused-ring (bicyclic) bond motifs is 1. The van der Waals surface area contributed by atoms with Crippen molar-refractivity contribution in [2.45, 2.75) is 12.5 Å². The van der Waals surface area contributed by atoms with E-state index in [0.29, 0.717) is 12.4 Å². The summed E-state index contributed by atoms with van der Waals surface area (Å²) in [5.74, 6) is 1.15. The standard InChI is InChI=1S/C16H16O3/c1-18-14-5-2-11(3-6-14)16-15-7-4-13(17)10-12(15)8-9-19-16/h2-7,10,16-17H,8-9H2,1H3. The van der Waals surface area contributed by atoms with Gasteiger partial charge in [0.15, 0.2) is 0 Å². The maximum atomic E-state index is 9.56. The van der Waals surface area contributed by atoms with Crippen molar-refractivity contribution < 1.29 is 14.6 Å². The van der Waals surface area contributed by atoms with Gasteiger partial charge in [0.25, 0.3) is 0 Å². The van der Waals surface area contributed by atoms with E-state index >= 15 is 0 Å². The molecule has 2 aromatic carbocycles. The lowest BCUT2D eigenvalue weighted by molar-refractivity contribution is 0.0697. The van der Waals surface area contributed by atoms with Crippen LogP contribution in [0.15, 0.2) is 42.5 Å². The monoisotopic (exact) mass is 256 g/mol. The molecule has 0 saturated heterocycles. The molecule has 1 N–H and O–H groups in total. The molecule has 3 heteroatoms. The number of phenols is 1. The fraction of sp³-hybridized carbons (Fsp3) is 0.250. The first kappa shape index (κ1) is 12.1. The largest absolute Gasteiger partial charge is 0.508 e. The van der Waals surface area contributed by atoms with Crippen LogP contribution in [0.3, 0.4) is 0 Å². The molecule has 0 amide bonds. The molecule has 2 aromatic rings. The SMILES string of the molecule is COc1ccc(C2OCCc3cc(O)ccc32)cc1. The van der Waals surface area contributed by atoms with Gasteiger partial charge in [-0.15, -0.1) is 0 Å².